The summed E-state index contributed by atoms with van der Waals surface area (Å²) >= 11 is 0. The van der Waals surface area contributed by atoms with E-state index in [4.69, 9.17) is 11.0 Å². The average molecular weight is 180 g/mol. The average Bonchev–Trinajstić information content (AvgIpc) is 2.73. The van der Waals surface area contributed by atoms with E-state index in [2.05, 4.69) is 11.5 Å². The van der Waals surface area contributed by atoms with Crippen molar-refractivity contribution in [1.82, 2.24) is 10.2 Å². The summed E-state index contributed by atoms with van der Waals surface area (Å²) in [6, 6.07) is -0.416. The van der Waals surface area contributed by atoms with Crippen LogP contribution in [0.2, 0.25) is 0 Å². The van der Waals surface area contributed by atoms with E-state index in [1.807, 2.05) is 0 Å². The number of primary amides is 1. The molecule has 5 heteroatoms. The number of nitrogens with zero attached hydrogens (tertiary/aromatic N) is 2. The molecule has 1 aliphatic heterocycles. The van der Waals surface area contributed by atoms with Gasteiger partial charge in [0.1, 0.15) is 0 Å². The second kappa shape index (κ2) is 2.52. The van der Waals surface area contributed by atoms with E-state index < -0.39 is 6.03 Å². The molecule has 1 saturated carbocycles. The number of carbonyl (C=O) groups is 1. The van der Waals surface area contributed by atoms with Crippen molar-refractivity contribution < 1.29 is 4.79 Å². The highest BCUT2D eigenvalue weighted by atomic mass is 16.2. The Hall–Kier alpha value is -1.44. The first-order chi connectivity index (χ1) is 6.16. The Balaban J connectivity index is 2.04. The van der Waals surface area contributed by atoms with Crippen molar-refractivity contribution in [3.8, 4) is 6.19 Å². The van der Waals surface area contributed by atoms with Gasteiger partial charge >= 0.3 is 6.03 Å². The molecule has 1 spiro atoms. The molecule has 0 aromatic carbocycles. The molecule has 5 nitrogen and oxygen atoms in total. The SMILES string of the molecule is N#CN1CC(NC(N)=O)C2(CC2)C1. The molecule has 70 valence electrons. The Morgan fingerprint density at radius 3 is 2.85 bits per heavy atom. The number of hydrogen-bond acceptors (Lipinski definition) is 3. The Kier molecular flexibility index (Phi) is 1.59. The molecule has 1 unspecified atom stereocenters. The number of urea groups is 1. The summed E-state index contributed by atoms with van der Waals surface area (Å²) in [7, 11) is 0. The summed E-state index contributed by atoms with van der Waals surface area (Å²) in [5, 5.41) is 11.4. The molecule has 2 amide bonds. The summed E-state index contributed by atoms with van der Waals surface area (Å²) in [6.07, 6.45) is 4.29. The maximum atomic E-state index is 10.7. The van der Waals surface area contributed by atoms with Gasteiger partial charge in [0.05, 0.1) is 6.04 Å². The molecule has 1 heterocycles. The van der Waals surface area contributed by atoms with E-state index in [9.17, 15) is 4.79 Å². The normalized spacial score (nSPS) is 28.5. The van der Waals surface area contributed by atoms with Gasteiger partial charge in [0.25, 0.3) is 0 Å². The third-order valence-corrected chi connectivity index (χ3v) is 3.00. The zero-order valence-corrected chi connectivity index (χ0v) is 7.29. The van der Waals surface area contributed by atoms with Crippen LogP contribution in [0.25, 0.3) is 0 Å². The van der Waals surface area contributed by atoms with E-state index >= 15 is 0 Å². The third-order valence-electron chi connectivity index (χ3n) is 3.00. The minimum absolute atomic E-state index is 0.0737. The van der Waals surface area contributed by atoms with Crippen LogP contribution in [0.1, 0.15) is 12.8 Å². The van der Waals surface area contributed by atoms with E-state index in [0.717, 1.165) is 19.4 Å². The van der Waals surface area contributed by atoms with Gasteiger partial charge in [-0.2, -0.15) is 5.26 Å². The molecule has 0 aromatic heterocycles. The van der Waals surface area contributed by atoms with Crippen LogP contribution in [0.3, 0.4) is 0 Å². The van der Waals surface area contributed by atoms with E-state index in [1.165, 1.54) is 0 Å². The molecule has 0 radical (unpaired) electrons. The van der Waals surface area contributed by atoms with Gasteiger partial charge < -0.3 is 16.0 Å². The third kappa shape index (κ3) is 1.28. The second-order valence-corrected chi connectivity index (χ2v) is 3.90. The van der Waals surface area contributed by atoms with Gasteiger partial charge in [-0.3, -0.25) is 0 Å². The smallest absolute Gasteiger partial charge is 0.312 e. The lowest BCUT2D eigenvalue weighted by atomic mass is 10.0. The summed E-state index contributed by atoms with van der Waals surface area (Å²) in [5.74, 6) is 0. The number of rotatable bonds is 1. The molecule has 0 aromatic rings. The number of nitrogens with one attached hydrogen (secondary N) is 1. The molecule has 2 aliphatic rings. The monoisotopic (exact) mass is 180 g/mol. The largest absolute Gasteiger partial charge is 0.352 e. The standard InChI is InChI=1S/C8H12N4O/c9-5-12-3-6(11-7(10)13)8(4-12)1-2-8/h6H,1-4H2,(H3,10,11,13). The van der Waals surface area contributed by atoms with Crippen molar-refractivity contribution in [2.45, 2.75) is 18.9 Å². The fourth-order valence-corrected chi connectivity index (χ4v) is 2.08. The predicted octanol–water partition coefficient (Wildman–Crippen LogP) is -0.400. The van der Waals surface area contributed by atoms with Gasteiger partial charge in [-0.05, 0) is 12.8 Å². The van der Waals surface area contributed by atoms with Gasteiger partial charge in [-0.15, -0.1) is 0 Å². The zero-order valence-electron chi connectivity index (χ0n) is 7.29. The van der Waals surface area contributed by atoms with Crippen LogP contribution in [-0.2, 0) is 0 Å². The quantitative estimate of drug-likeness (QED) is 0.539. The van der Waals surface area contributed by atoms with Gasteiger partial charge in [-0.25, -0.2) is 4.79 Å². The Labute approximate surface area is 76.5 Å². The van der Waals surface area contributed by atoms with Gasteiger partial charge in [-0.1, -0.05) is 0 Å². The van der Waals surface area contributed by atoms with Crippen LogP contribution in [-0.4, -0.2) is 30.1 Å². The summed E-state index contributed by atoms with van der Waals surface area (Å²) < 4.78 is 0. The molecule has 1 atom stereocenters. The summed E-state index contributed by atoms with van der Waals surface area (Å²) in [6.45, 7) is 1.38. The highest BCUT2D eigenvalue weighted by Gasteiger charge is 2.55. The van der Waals surface area contributed by atoms with Crippen molar-refractivity contribution in [3.63, 3.8) is 0 Å². The molecule has 1 aliphatic carbocycles. The predicted molar refractivity (Wildman–Crippen MR) is 45.4 cm³/mol. The van der Waals surface area contributed by atoms with E-state index in [-0.39, 0.29) is 11.5 Å². The van der Waals surface area contributed by atoms with Crippen LogP contribution < -0.4 is 11.1 Å². The van der Waals surface area contributed by atoms with Crippen LogP contribution >= 0.6 is 0 Å². The lowest BCUT2D eigenvalue weighted by molar-refractivity contribution is 0.242. The number of carbonyl (C=O) groups excluding carboxylic acids is 1. The van der Waals surface area contributed by atoms with Gasteiger partial charge in [0.2, 0.25) is 0 Å². The Bertz CT molecular complexity index is 278. The zero-order chi connectivity index (χ0) is 9.47. The molecule has 3 N–H and O–H groups in total. The van der Waals surface area contributed by atoms with Crippen molar-refractivity contribution >= 4 is 6.03 Å². The molecular formula is C8H12N4O. The van der Waals surface area contributed by atoms with Crippen molar-refractivity contribution in [3.05, 3.63) is 0 Å². The lowest BCUT2D eigenvalue weighted by Crippen LogP contribution is -2.44. The number of likely N-dealkylation sites (tertiary alicyclic amines) is 1. The fourth-order valence-electron chi connectivity index (χ4n) is 2.08. The van der Waals surface area contributed by atoms with Crippen molar-refractivity contribution in [2.75, 3.05) is 13.1 Å². The van der Waals surface area contributed by atoms with Crippen LogP contribution in [0.4, 0.5) is 4.79 Å². The van der Waals surface area contributed by atoms with Crippen LogP contribution in [0.15, 0.2) is 0 Å². The number of hydrogen-bond donors (Lipinski definition) is 2. The maximum absolute atomic E-state index is 10.7. The van der Waals surface area contributed by atoms with Gasteiger partial charge in [0, 0.05) is 18.5 Å². The summed E-state index contributed by atoms with van der Waals surface area (Å²) in [4.78, 5) is 12.4. The fraction of sp³-hybridized carbons (Fsp3) is 0.750. The lowest BCUT2D eigenvalue weighted by Gasteiger charge is -2.16. The Morgan fingerprint density at radius 2 is 2.38 bits per heavy atom. The molecule has 2 fully saturated rings. The summed E-state index contributed by atoms with van der Waals surface area (Å²) in [5.41, 5.74) is 5.21. The minimum atomic E-state index is -0.490. The first kappa shape index (κ1) is 8.17. The molecule has 1 saturated heterocycles. The maximum Gasteiger partial charge on any atom is 0.312 e. The first-order valence-electron chi connectivity index (χ1n) is 4.37. The molecule has 2 rings (SSSR count). The highest BCUT2D eigenvalue weighted by molar-refractivity contribution is 5.72. The molecule has 0 bridgehead atoms. The highest BCUT2D eigenvalue weighted by Crippen LogP contribution is 2.52. The number of nitrogens with two attached hydrogens (primary N) is 1. The number of nitriles is 1. The Morgan fingerprint density at radius 1 is 1.69 bits per heavy atom. The molecule has 13 heavy (non-hydrogen) atoms. The first-order valence-corrected chi connectivity index (χ1v) is 4.37. The van der Waals surface area contributed by atoms with Gasteiger partial charge in [0.15, 0.2) is 6.19 Å². The number of amides is 2. The van der Waals surface area contributed by atoms with E-state index in [0.29, 0.717) is 6.54 Å². The van der Waals surface area contributed by atoms with Crippen molar-refractivity contribution in [2.24, 2.45) is 11.1 Å². The minimum Gasteiger partial charge on any atom is -0.352 e. The van der Waals surface area contributed by atoms with Crippen LogP contribution in [0, 0.1) is 16.9 Å². The topological polar surface area (TPSA) is 82.2 Å². The second-order valence-electron chi connectivity index (χ2n) is 3.90. The molecular weight excluding hydrogens is 168 g/mol. The van der Waals surface area contributed by atoms with E-state index in [1.54, 1.807) is 4.90 Å². The van der Waals surface area contributed by atoms with Crippen LogP contribution in [0.5, 0.6) is 0 Å². The van der Waals surface area contributed by atoms with Crippen molar-refractivity contribution in [1.29, 1.82) is 5.26 Å².